The molecule has 1 aliphatic heterocycles. The molecule has 0 saturated carbocycles. The lowest BCUT2D eigenvalue weighted by Crippen LogP contribution is -2.27. The van der Waals surface area contributed by atoms with Crippen LogP contribution in [0.1, 0.15) is 37.0 Å². The highest BCUT2D eigenvalue weighted by atomic mass is 16.5. The third-order valence-electron chi connectivity index (χ3n) is 4.47. The van der Waals surface area contributed by atoms with Gasteiger partial charge in [-0.05, 0) is 69.2 Å². The van der Waals surface area contributed by atoms with Crippen LogP contribution in [-0.4, -0.2) is 42.5 Å². The first-order valence-corrected chi connectivity index (χ1v) is 9.71. The Labute approximate surface area is 165 Å². The number of carbonyl (C=O) groups is 2. The van der Waals surface area contributed by atoms with E-state index < -0.39 is 0 Å². The van der Waals surface area contributed by atoms with Crippen LogP contribution in [0.2, 0.25) is 0 Å². The van der Waals surface area contributed by atoms with Crippen molar-refractivity contribution in [2.45, 2.75) is 32.8 Å². The molecule has 1 fully saturated rings. The van der Waals surface area contributed by atoms with Crippen LogP contribution in [0.25, 0.3) is 0 Å². The molecule has 2 amide bonds. The van der Waals surface area contributed by atoms with Crippen molar-refractivity contribution in [1.82, 2.24) is 4.90 Å². The Hall–Kier alpha value is -3.02. The van der Waals surface area contributed by atoms with Crippen molar-refractivity contribution in [3.8, 4) is 5.75 Å². The van der Waals surface area contributed by atoms with E-state index in [1.165, 1.54) is 0 Å². The number of ether oxygens (including phenoxy) is 1. The molecule has 2 N–H and O–H groups in total. The first kappa shape index (κ1) is 19.7. The van der Waals surface area contributed by atoms with Crippen LogP contribution in [0.3, 0.4) is 0 Å². The van der Waals surface area contributed by atoms with E-state index in [4.69, 9.17) is 4.74 Å². The summed E-state index contributed by atoms with van der Waals surface area (Å²) in [5, 5.41) is 5.92. The van der Waals surface area contributed by atoms with Crippen LogP contribution in [0.5, 0.6) is 5.75 Å². The summed E-state index contributed by atoms with van der Waals surface area (Å²) in [6.07, 6.45) is 2.24. The first-order valence-electron chi connectivity index (χ1n) is 9.71. The molecule has 1 aliphatic rings. The van der Waals surface area contributed by atoms with Gasteiger partial charge in [0.1, 0.15) is 5.75 Å². The summed E-state index contributed by atoms with van der Waals surface area (Å²) in [5.41, 5.74) is 2.11. The molecule has 0 spiro atoms. The first-order chi connectivity index (χ1) is 13.5. The summed E-state index contributed by atoms with van der Waals surface area (Å²) >= 11 is 0. The number of carbonyl (C=O) groups excluding carboxylic acids is 2. The van der Waals surface area contributed by atoms with E-state index in [9.17, 15) is 9.59 Å². The van der Waals surface area contributed by atoms with Gasteiger partial charge in [-0.15, -0.1) is 0 Å². The second kappa shape index (κ2) is 9.26. The van der Waals surface area contributed by atoms with Crippen molar-refractivity contribution in [2.24, 2.45) is 0 Å². The number of hydrogen-bond acceptors (Lipinski definition) is 4. The highest BCUT2D eigenvalue weighted by molar-refractivity contribution is 5.96. The zero-order valence-corrected chi connectivity index (χ0v) is 16.4. The van der Waals surface area contributed by atoms with Gasteiger partial charge in [0, 0.05) is 30.0 Å². The summed E-state index contributed by atoms with van der Waals surface area (Å²) in [7, 11) is 0. The minimum atomic E-state index is -0.159. The van der Waals surface area contributed by atoms with Crippen molar-refractivity contribution in [3.63, 3.8) is 0 Å². The maximum atomic E-state index is 12.5. The molecule has 0 atom stereocenters. The van der Waals surface area contributed by atoms with Crippen LogP contribution < -0.4 is 15.4 Å². The second-order valence-electron chi connectivity index (χ2n) is 7.17. The van der Waals surface area contributed by atoms with Gasteiger partial charge in [0.15, 0.2) is 0 Å². The molecule has 6 heteroatoms. The van der Waals surface area contributed by atoms with Crippen LogP contribution in [0.4, 0.5) is 11.4 Å². The average molecular weight is 381 g/mol. The molecule has 1 saturated heterocycles. The number of nitrogens with zero attached hydrogens (tertiary/aromatic N) is 1. The van der Waals surface area contributed by atoms with Gasteiger partial charge in [0.2, 0.25) is 5.91 Å². The molecule has 1 heterocycles. The highest BCUT2D eigenvalue weighted by Gasteiger charge is 2.19. The Morgan fingerprint density at radius 1 is 1.04 bits per heavy atom. The molecule has 28 heavy (non-hydrogen) atoms. The standard InChI is InChI=1S/C22H27N3O3/c1-16(2)28-20-10-8-18(9-11-20)24-21(26)15-23-19-7-5-6-17(14-19)22(27)25-12-3-4-13-25/h5-11,14,16,23H,3-4,12-13,15H2,1-2H3,(H,24,26). The third kappa shape index (κ3) is 5.49. The van der Waals surface area contributed by atoms with E-state index in [1.807, 2.05) is 61.2 Å². The van der Waals surface area contributed by atoms with Crippen LogP contribution in [0, 0.1) is 0 Å². The number of benzene rings is 2. The fourth-order valence-corrected chi connectivity index (χ4v) is 3.14. The van der Waals surface area contributed by atoms with E-state index in [1.54, 1.807) is 6.07 Å². The van der Waals surface area contributed by atoms with Gasteiger partial charge in [0.05, 0.1) is 12.6 Å². The molecular weight excluding hydrogens is 354 g/mol. The number of likely N-dealkylation sites (tertiary alicyclic amines) is 1. The molecule has 0 bridgehead atoms. The van der Waals surface area contributed by atoms with E-state index in [2.05, 4.69) is 10.6 Å². The lowest BCUT2D eigenvalue weighted by atomic mass is 10.1. The van der Waals surface area contributed by atoms with Crippen LogP contribution in [-0.2, 0) is 4.79 Å². The van der Waals surface area contributed by atoms with Crippen molar-refractivity contribution in [2.75, 3.05) is 30.3 Å². The van der Waals surface area contributed by atoms with Crippen molar-refractivity contribution in [3.05, 3.63) is 54.1 Å². The quantitative estimate of drug-likeness (QED) is 0.766. The van der Waals surface area contributed by atoms with Gasteiger partial charge in [-0.2, -0.15) is 0 Å². The molecule has 2 aromatic carbocycles. The minimum Gasteiger partial charge on any atom is -0.491 e. The zero-order chi connectivity index (χ0) is 19.9. The van der Waals surface area contributed by atoms with E-state index in [0.717, 1.165) is 37.4 Å². The zero-order valence-electron chi connectivity index (χ0n) is 16.4. The Kier molecular flexibility index (Phi) is 6.53. The topological polar surface area (TPSA) is 70.7 Å². The number of amides is 2. The molecule has 148 valence electrons. The number of anilines is 2. The Morgan fingerprint density at radius 3 is 2.43 bits per heavy atom. The SMILES string of the molecule is CC(C)Oc1ccc(NC(=O)CNc2cccc(C(=O)N3CCCC3)c2)cc1. The maximum absolute atomic E-state index is 12.5. The van der Waals surface area contributed by atoms with Gasteiger partial charge in [-0.3, -0.25) is 9.59 Å². The lowest BCUT2D eigenvalue weighted by Gasteiger charge is -2.16. The van der Waals surface area contributed by atoms with Crippen molar-refractivity contribution in [1.29, 1.82) is 0 Å². The van der Waals surface area contributed by atoms with Crippen molar-refractivity contribution < 1.29 is 14.3 Å². The Morgan fingerprint density at radius 2 is 1.75 bits per heavy atom. The lowest BCUT2D eigenvalue weighted by molar-refractivity contribution is -0.114. The van der Waals surface area contributed by atoms with Gasteiger partial charge in [0.25, 0.3) is 5.91 Å². The predicted octanol–water partition coefficient (Wildman–Crippen LogP) is 3.76. The molecule has 0 aliphatic carbocycles. The highest BCUT2D eigenvalue weighted by Crippen LogP contribution is 2.18. The Balaban J connectivity index is 1.51. The molecule has 0 unspecified atom stereocenters. The van der Waals surface area contributed by atoms with E-state index in [-0.39, 0.29) is 24.5 Å². The van der Waals surface area contributed by atoms with Gasteiger partial charge in [-0.25, -0.2) is 0 Å². The molecule has 6 nitrogen and oxygen atoms in total. The molecular formula is C22H27N3O3. The summed E-state index contributed by atoms with van der Waals surface area (Å²) < 4.78 is 5.59. The summed E-state index contributed by atoms with van der Waals surface area (Å²) in [6, 6.07) is 14.6. The van der Waals surface area contributed by atoms with Gasteiger partial charge in [-0.1, -0.05) is 6.07 Å². The smallest absolute Gasteiger partial charge is 0.253 e. The fourth-order valence-electron chi connectivity index (χ4n) is 3.14. The van der Waals surface area contributed by atoms with Gasteiger partial charge < -0.3 is 20.3 Å². The van der Waals surface area contributed by atoms with Gasteiger partial charge >= 0.3 is 0 Å². The number of rotatable bonds is 7. The van der Waals surface area contributed by atoms with E-state index >= 15 is 0 Å². The minimum absolute atomic E-state index is 0.0503. The fraction of sp³-hybridized carbons (Fsp3) is 0.364. The summed E-state index contributed by atoms with van der Waals surface area (Å²) in [5.74, 6) is 0.661. The number of hydrogen-bond donors (Lipinski definition) is 2. The molecule has 2 aromatic rings. The van der Waals surface area contributed by atoms with Crippen LogP contribution in [0.15, 0.2) is 48.5 Å². The van der Waals surface area contributed by atoms with Crippen LogP contribution >= 0.6 is 0 Å². The number of nitrogens with one attached hydrogen (secondary N) is 2. The average Bonchev–Trinajstić information content (AvgIpc) is 3.22. The summed E-state index contributed by atoms with van der Waals surface area (Å²) in [4.78, 5) is 26.6. The Bertz CT molecular complexity index is 812. The van der Waals surface area contributed by atoms with Crippen molar-refractivity contribution >= 4 is 23.2 Å². The third-order valence-corrected chi connectivity index (χ3v) is 4.47. The summed E-state index contributed by atoms with van der Waals surface area (Å²) in [6.45, 7) is 5.69. The molecule has 3 rings (SSSR count). The molecule has 0 aromatic heterocycles. The maximum Gasteiger partial charge on any atom is 0.253 e. The largest absolute Gasteiger partial charge is 0.491 e. The predicted molar refractivity (Wildman–Crippen MR) is 111 cm³/mol. The van der Waals surface area contributed by atoms with E-state index in [0.29, 0.717) is 11.3 Å². The molecule has 0 radical (unpaired) electrons. The second-order valence-corrected chi connectivity index (χ2v) is 7.17. The monoisotopic (exact) mass is 381 g/mol. The normalized spacial score (nSPS) is 13.5.